The second-order valence-corrected chi connectivity index (χ2v) is 7.20. The number of rotatable bonds is 11. The van der Waals surface area contributed by atoms with Crippen LogP contribution >= 0.6 is 0 Å². The van der Waals surface area contributed by atoms with E-state index in [1.807, 2.05) is 30.3 Å². The van der Waals surface area contributed by atoms with Crippen molar-refractivity contribution in [2.75, 3.05) is 0 Å². The minimum atomic E-state index is -1.75. The Hall–Kier alpha value is -3.57. The average Bonchev–Trinajstić information content (AvgIpc) is 3.32. The standard InChI is InChI=1S/C21H24BN5O5/c28-20(27-19(22(30)31)8-4-7-15-5-2-1-3-6-15)17(11-16-12-24-14-32-16)26-21(29)18-13-23-9-10-25-18/h1-3,5-6,9-10,12-14,17,19,30-31H,4,7-8,11H2,(H,26,29)(H,27,28)/t17-,19+/m1/s1. The largest absolute Gasteiger partial charge is 0.475 e. The summed E-state index contributed by atoms with van der Waals surface area (Å²) in [5.41, 5.74) is 1.16. The first-order valence-corrected chi connectivity index (χ1v) is 10.2. The summed E-state index contributed by atoms with van der Waals surface area (Å²) in [4.78, 5) is 37.0. The predicted octanol–water partition coefficient (Wildman–Crippen LogP) is 0.325. The van der Waals surface area contributed by atoms with E-state index in [-0.39, 0.29) is 12.1 Å². The Morgan fingerprint density at radius 1 is 1.06 bits per heavy atom. The fraction of sp³-hybridized carbons (Fsp3) is 0.286. The number of hydrogen-bond acceptors (Lipinski definition) is 8. The molecule has 3 aromatic rings. The number of hydrogen-bond donors (Lipinski definition) is 4. The van der Waals surface area contributed by atoms with E-state index < -0.39 is 30.9 Å². The topological polar surface area (TPSA) is 150 Å². The van der Waals surface area contributed by atoms with Crippen molar-refractivity contribution in [2.24, 2.45) is 0 Å². The lowest BCUT2D eigenvalue weighted by molar-refractivity contribution is -0.123. The molecule has 0 unspecified atom stereocenters. The van der Waals surface area contributed by atoms with Gasteiger partial charge in [-0.1, -0.05) is 30.3 Å². The van der Waals surface area contributed by atoms with Crippen LogP contribution < -0.4 is 10.6 Å². The summed E-state index contributed by atoms with van der Waals surface area (Å²) in [6.45, 7) is 0. The third kappa shape index (κ3) is 7.00. The number of nitrogens with one attached hydrogen (secondary N) is 2. The molecule has 0 fully saturated rings. The Morgan fingerprint density at radius 3 is 2.53 bits per heavy atom. The summed E-state index contributed by atoms with van der Waals surface area (Å²) in [5, 5.41) is 24.7. The molecule has 0 saturated heterocycles. The number of aryl methyl sites for hydroxylation is 1. The molecule has 4 N–H and O–H groups in total. The van der Waals surface area contributed by atoms with E-state index in [0.29, 0.717) is 18.6 Å². The fourth-order valence-corrected chi connectivity index (χ4v) is 3.15. The van der Waals surface area contributed by atoms with Gasteiger partial charge in [-0.25, -0.2) is 9.97 Å². The molecular weight excluding hydrogens is 413 g/mol. The van der Waals surface area contributed by atoms with Gasteiger partial charge < -0.3 is 25.1 Å². The van der Waals surface area contributed by atoms with Gasteiger partial charge in [-0.15, -0.1) is 0 Å². The first-order chi connectivity index (χ1) is 15.5. The molecule has 11 heteroatoms. The number of amides is 2. The zero-order valence-electron chi connectivity index (χ0n) is 17.3. The van der Waals surface area contributed by atoms with Gasteiger partial charge in [0.1, 0.15) is 17.5 Å². The lowest BCUT2D eigenvalue weighted by Crippen LogP contribution is -2.54. The summed E-state index contributed by atoms with van der Waals surface area (Å²) in [7, 11) is -1.75. The molecule has 1 aromatic carbocycles. The van der Waals surface area contributed by atoms with Crippen LogP contribution in [-0.2, 0) is 17.6 Å². The Bertz CT molecular complexity index is 973. The number of carbonyl (C=O) groups excluding carboxylic acids is 2. The summed E-state index contributed by atoms with van der Waals surface area (Å²) >= 11 is 0. The second-order valence-electron chi connectivity index (χ2n) is 7.20. The maximum atomic E-state index is 12.9. The summed E-state index contributed by atoms with van der Waals surface area (Å²) < 4.78 is 5.20. The zero-order valence-corrected chi connectivity index (χ0v) is 17.3. The minimum Gasteiger partial charge on any atom is -0.448 e. The predicted molar refractivity (Wildman–Crippen MR) is 115 cm³/mol. The quantitative estimate of drug-likeness (QED) is 0.314. The molecule has 0 radical (unpaired) electrons. The maximum Gasteiger partial charge on any atom is 0.475 e. The zero-order chi connectivity index (χ0) is 22.8. The summed E-state index contributed by atoms with van der Waals surface area (Å²) in [6.07, 6.45) is 8.45. The van der Waals surface area contributed by atoms with Crippen LogP contribution in [0.25, 0.3) is 0 Å². The van der Waals surface area contributed by atoms with Gasteiger partial charge in [0.05, 0.1) is 18.3 Å². The van der Waals surface area contributed by atoms with Crippen LogP contribution in [0.1, 0.15) is 34.7 Å². The van der Waals surface area contributed by atoms with Gasteiger partial charge in [0.2, 0.25) is 5.91 Å². The normalized spacial score (nSPS) is 12.6. The third-order valence-corrected chi connectivity index (χ3v) is 4.82. The molecule has 166 valence electrons. The Morgan fingerprint density at radius 2 is 1.88 bits per heavy atom. The highest BCUT2D eigenvalue weighted by Crippen LogP contribution is 2.09. The molecule has 2 amide bonds. The second kappa shape index (κ2) is 11.7. The molecule has 0 aliphatic rings. The van der Waals surface area contributed by atoms with Crippen LogP contribution in [0.2, 0.25) is 0 Å². The molecule has 3 rings (SSSR count). The van der Waals surface area contributed by atoms with Gasteiger partial charge in [0.25, 0.3) is 5.91 Å². The van der Waals surface area contributed by atoms with Crippen LogP contribution in [0.5, 0.6) is 0 Å². The van der Waals surface area contributed by atoms with Crippen LogP contribution in [0, 0.1) is 0 Å². The highest BCUT2D eigenvalue weighted by atomic mass is 16.4. The van der Waals surface area contributed by atoms with Crippen LogP contribution in [-0.4, -0.2) is 55.9 Å². The molecule has 2 aromatic heterocycles. The van der Waals surface area contributed by atoms with Crippen LogP contribution in [0.4, 0.5) is 0 Å². The maximum absolute atomic E-state index is 12.9. The smallest absolute Gasteiger partial charge is 0.448 e. The lowest BCUT2D eigenvalue weighted by Gasteiger charge is -2.22. The van der Waals surface area contributed by atoms with Gasteiger partial charge >= 0.3 is 7.12 Å². The summed E-state index contributed by atoms with van der Waals surface area (Å²) in [6, 6.07) is 8.71. The van der Waals surface area contributed by atoms with E-state index in [1.165, 1.54) is 31.2 Å². The molecular formula is C21H24BN5O5. The molecule has 2 heterocycles. The number of aromatic nitrogens is 3. The number of benzene rings is 1. The molecule has 2 atom stereocenters. The number of nitrogens with zero attached hydrogens (tertiary/aromatic N) is 3. The first kappa shape index (κ1) is 23.1. The van der Waals surface area contributed by atoms with E-state index in [2.05, 4.69) is 25.6 Å². The minimum absolute atomic E-state index is 0.0239. The van der Waals surface area contributed by atoms with Crippen LogP contribution in [0.3, 0.4) is 0 Å². The van der Waals surface area contributed by atoms with Crippen molar-refractivity contribution in [1.82, 2.24) is 25.6 Å². The van der Waals surface area contributed by atoms with Gasteiger partial charge in [-0.3, -0.25) is 14.6 Å². The monoisotopic (exact) mass is 437 g/mol. The highest BCUT2D eigenvalue weighted by Gasteiger charge is 2.30. The van der Waals surface area contributed by atoms with Crippen molar-refractivity contribution in [3.63, 3.8) is 0 Å². The lowest BCUT2D eigenvalue weighted by atomic mass is 9.76. The summed E-state index contributed by atoms with van der Waals surface area (Å²) in [5.74, 6) is -1.70. The molecule has 0 spiro atoms. The van der Waals surface area contributed by atoms with Crippen molar-refractivity contribution in [3.05, 3.63) is 78.5 Å². The van der Waals surface area contributed by atoms with Crippen molar-refractivity contribution < 1.29 is 24.1 Å². The van der Waals surface area contributed by atoms with Gasteiger partial charge in [0.15, 0.2) is 6.39 Å². The average molecular weight is 437 g/mol. The van der Waals surface area contributed by atoms with E-state index in [9.17, 15) is 19.6 Å². The number of oxazole rings is 1. The highest BCUT2D eigenvalue weighted by molar-refractivity contribution is 6.43. The molecule has 0 aliphatic heterocycles. The van der Waals surface area contributed by atoms with E-state index in [0.717, 1.165) is 12.0 Å². The third-order valence-electron chi connectivity index (χ3n) is 4.82. The molecule has 0 bridgehead atoms. The van der Waals surface area contributed by atoms with Gasteiger partial charge in [-0.2, -0.15) is 0 Å². The fourth-order valence-electron chi connectivity index (χ4n) is 3.15. The van der Waals surface area contributed by atoms with Crippen molar-refractivity contribution in [3.8, 4) is 0 Å². The molecule has 32 heavy (non-hydrogen) atoms. The van der Waals surface area contributed by atoms with E-state index >= 15 is 0 Å². The van der Waals surface area contributed by atoms with Gasteiger partial charge in [-0.05, 0) is 24.8 Å². The number of carbonyl (C=O) groups is 2. The Balaban J connectivity index is 1.64. The van der Waals surface area contributed by atoms with Crippen molar-refractivity contribution in [2.45, 2.75) is 37.7 Å². The van der Waals surface area contributed by atoms with Crippen molar-refractivity contribution >= 4 is 18.9 Å². The molecule has 0 saturated carbocycles. The Labute approximate surface area is 185 Å². The Kier molecular flexibility index (Phi) is 8.47. The molecule has 10 nitrogen and oxygen atoms in total. The molecule has 0 aliphatic carbocycles. The van der Waals surface area contributed by atoms with Gasteiger partial charge in [0, 0.05) is 18.8 Å². The first-order valence-electron chi connectivity index (χ1n) is 10.2. The van der Waals surface area contributed by atoms with E-state index in [1.54, 1.807) is 0 Å². The van der Waals surface area contributed by atoms with E-state index in [4.69, 9.17) is 4.42 Å². The van der Waals surface area contributed by atoms with Crippen LogP contribution in [0.15, 0.2) is 65.9 Å². The SMILES string of the molecule is O=C(N[C@H](Cc1cnco1)C(=O)N[C@@H](CCCc1ccccc1)B(O)O)c1cnccn1. The van der Waals surface area contributed by atoms with Crippen molar-refractivity contribution in [1.29, 1.82) is 0 Å².